The van der Waals surface area contributed by atoms with Crippen LogP contribution in [0, 0.1) is 57.2 Å². The molecule has 8 atom stereocenters. The average molecular weight is 650 g/mol. The number of aliphatic hydroxyl groups excluding tert-OH is 1. The first-order valence-corrected chi connectivity index (χ1v) is 18.3. The summed E-state index contributed by atoms with van der Waals surface area (Å²) in [5, 5.41) is 25.6. The number of nitrogens with two attached hydrogens (primary N) is 6. The fourth-order valence-electron chi connectivity index (χ4n) is 9.41. The molecule has 0 aliphatic heterocycles. The Bertz CT molecular complexity index is 884. The van der Waals surface area contributed by atoms with Gasteiger partial charge in [0.05, 0.1) is 6.10 Å². The van der Waals surface area contributed by atoms with Crippen LogP contribution < -0.4 is 39.7 Å². The molecule has 4 aliphatic carbocycles. The molecule has 0 unspecified atom stereocenters. The molecule has 0 spiro atoms. The van der Waals surface area contributed by atoms with Gasteiger partial charge in [-0.3, -0.25) is 10.8 Å². The van der Waals surface area contributed by atoms with E-state index in [1.165, 1.54) is 64.2 Å². The number of nitrogens with one attached hydrogen (secondary N) is 3. The van der Waals surface area contributed by atoms with E-state index < -0.39 is 0 Å². The highest BCUT2D eigenvalue weighted by Crippen LogP contribution is 2.67. The van der Waals surface area contributed by atoms with Crippen molar-refractivity contribution in [2.45, 2.75) is 131 Å². The number of allylic oxidation sites excluding steroid dienone is 1. The minimum atomic E-state index is -0.333. The van der Waals surface area contributed by atoms with E-state index in [-0.39, 0.29) is 18.0 Å². The summed E-state index contributed by atoms with van der Waals surface area (Å²) < 4.78 is 0. The summed E-state index contributed by atoms with van der Waals surface area (Å²) in [6.07, 6.45) is 20.5. The zero-order chi connectivity index (χ0) is 34.9. The molecule has 0 aromatic carbocycles. The molecule has 0 radical (unpaired) electrons. The molecule has 0 heterocycles. The van der Waals surface area contributed by atoms with Crippen LogP contribution in [0.1, 0.15) is 125 Å². The predicted octanol–water partition coefficient (Wildman–Crippen LogP) is 4.73. The second kappa shape index (κ2) is 21.2. The van der Waals surface area contributed by atoms with Gasteiger partial charge in [-0.05, 0) is 143 Å². The third kappa shape index (κ3) is 13.3. The average Bonchev–Trinajstić information content (AvgIpc) is 3.32. The molecule has 4 aliphatic rings. The van der Waals surface area contributed by atoms with Crippen molar-refractivity contribution in [3.8, 4) is 0 Å². The van der Waals surface area contributed by atoms with Gasteiger partial charge in [0.25, 0.3) is 0 Å². The molecule has 10 nitrogen and oxygen atoms in total. The number of hydrogen-bond acceptors (Lipinski definition) is 6. The Hall–Kier alpha value is -1.88. The minimum Gasteiger partial charge on any atom is -0.393 e. The van der Waals surface area contributed by atoms with Gasteiger partial charge in [0.1, 0.15) is 0 Å². The molecule has 0 amide bonds. The highest BCUT2D eigenvalue weighted by molar-refractivity contribution is 5.72. The Morgan fingerprint density at radius 3 is 2.04 bits per heavy atom. The van der Waals surface area contributed by atoms with E-state index in [4.69, 9.17) is 22.3 Å². The molecule has 3 saturated carbocycles. The number of unbranched alkanes of at least 4 members (excludes halogenated alkanes) is 1. The predicted molar refractivity (Wildman–Crippen MR) is 196 cm³/mol. The largest absolute Gasteiger partial charge is 0.393 e. The Kier molecular flexibility index (Phi) is 19.4. The molecule has 3 fully saturated rings. The fourth-order valence-corrected chi connectivity index (χ4v) is 9.41. The third-order valence-electron chi connectivity index (χ3n) is 11.6. The lowest BCUT2D eigenvalue weighted by atomic mass is 9.47. The summed E-state index contributed by atoms with van der Waals surface area (Å²) in [6, 6.07) is 0. The molecule has 0 aromatic rings. The topological polar surface area (TPSA) is 236 Å². The van der Waals surface area contributed by atoms with Crippen molar-refractivity contribution in [2.24, 2.45) is 80.7 Å². The van der Waals surface area contributed by atoms with Crippen molar-refractivity contribution in [1.82, 2.24) is 5.32 Å². The van der Waals surface area contributed by atoms with Crippen LogP contribution in [0.4, 0.5) is 0 Å². The van der Waals surface area contributed by atoms with Gasteiger partial charge in [-0.2, -0.15) is 0 Å². The van der Waals surface area contributed by atoms with E-state index in [1.807, 2.05) is 0 Å². The lowest BCUT2D eigenvalue weighted by molar-refractivity contribution is -0.0573. The van der Waals surface area contributed by atoms with Crippen LogP contribution in [-0.4, -0.2) is 49.3 Å². The molecular weight excluding hydrogens is 574 g/mol. The molecular formula is C36H75N9O. The Labute approximate surface area is 282 Å². The van der Waals surface area contributed by atoms with Crippen molar-refractivity contribution in [3.63, 3.8) is 0 Å². The smallest absolute Gasteiger partial charge is 0.183 e. The first kappa shape index (κ1) is 42.1. The molecule has 0 aromatic heterocycles. The number of aliphatic hydroxyl groups is 1. The summed E-state index contributed by atoms with van der Waals surface area (Å²) in [4.78, 5) is 0. The zero-order valence-corrected chi connectivity index (χ0v) is 30.3. The maximum atomic E-state index is 10.2. The number of fused-ring (bicyclic) bond motifs is 5. The number of guanidine groups is 2. The van der Waals surface area contributed by atoms with E-state index >= 15 is 0 Å². The molecule has 270 valence electrons. The van der Waals surface area contributed by atoms with E-state index in [0.29, 0.717) is 10.8 Å². The van der Waals surface area contributed by atoms with E-state index in [9.17, 15) is 5.11 Å². The normalized spacial score (nSPS) is 31.6. The van der Waals surface area contributed by atoms with Crippen molar-refractivity contribution >= 4 is 11.9 Å². The zero-order valence-electron chi connectivity index (χ0n) is 30.3. The van der Waals surface area contributed by atoms with Crippen LogP contribution in [0.2, 0.25) is 0 Å². The van der Waals surface area contributed by atoms with E-state index in [2.05, 4.69) is 68.9 Å². The van der Waals surface area contributed by atoms with Crippen molar-refractivity contribution in [2.75, 3.05) is 26.2 Å². The van der Waals surface area contributed by atoms with Crippen LogP contribution in [0.3, 0.4) is 0 Å². The number of rotatable bonds is 12. The Balaban J connectivity index is 0.000000486. The fraction of sp³-hybridized carbons (Fsp3) is 0.889. The number of hydrogen-bond donors (Lipinski definition) is 10. The summed E-state index contributed by atoms with van der Waals surface area (Å²) in [6.45, 7) is 16.3. The van der Waals surface area contributed by atoms with Crippen molar-refractivity contribution < 1.29 is 5.11 Å². The summed E-state index contributed by atoms with van der Waals surface area (Å²) >= 11 is 0. The molecule has 4 rings (SSSR count). The van der Waals surface area contributed by atoms with Gasteiger partial charge in [0.2, 0.25) is 0 Å². The van der Waals surface area contributed by atoms with E-state index in [1.54, 1.807) is 5.57 Å². The highest BCUT2D eigenvalue weighted by atomic mass is 16.3. The quantitative estimate of drug-likeness (QED) is 0.0612. The van der Waals surface area contributed by atoms with Gasteiger partial charge < -0.3 is 44.8 Å². The van der Waals surface area contributed by atoms with Crippen LogP contribution in [0.5, 0.6) is 0 Å². The van der Waals surface area contributed by atoms with Gasteiger partial charge >= 0.3 is 0 Å². The maximum Gasteiger partial charge on any atom is 0.183 e. The molecule has 0 saturated heterocycles. The lowest BCUT2D eigenvalue weighted by Crippen LogP contribution is -2.50. The molecule has 0 bridgehead atoms. The first-order chi connectivity index (χ1) is 21.6. The molecule has 10 heteroatoms. The second-order valence-electron chi connectivity index (χ2n) is 15.5. The minimum absolute atomic E-state index is 0.0766. The van der Waals surface area contributed by atoms with Crippen LogP contribution in [0.15, 0.2) is 11.6 Å². The highest BCUT2D eigenvalue weighted by Gasteiger charge is 2.59. The Morgan fingerprint density at radius 1 is 0.848 bits per heavy atom. The third-order valence-corrected chi connectivity index (χ3v) is 11.6. The van der Waals surface area contributed by atoms with Gasteiger partial charge in [0.15, 0.2) is 11.9 Å². The van der Waals surface area contributed by atoms with Crippen LogP contribution >= 0.6 is 0 Å². The summed E-state index contributed by atoms with van der Waals surface area (Å²) in [5.74, 6) is 4.79. The lowest BCUT2D eigenvalue weighted by Gasteiger charge is -2.58. The first-order valence-electron chi connectivity index (χ1n) is 18.3. The van der Waals surface area contributed by atoms with Gasteiger partial charge in [-0.15, -0.1) is 0 Å². The van der Waals surface area contributed by atoms with Gasteiger partial charge in [-0.25, -0.2) is 0 Å². The van der Waals surface area contributed by atoms with Crippen LogP contribution in [0.25, 0.3) is 0 Å². The molecule has 16 N–H and O–H groups in total. The molecule has 46 heavy (non-hydrogen) atoms. The monoisotopic (exact) mass is 650 g/mol. The van der Waals surface area contributed by atoms with E-state index in [0.717, 1.165) is 87.4 Å². The van der Waals surface area contributed by atoms with Crippen molar-refractivity contribution in [3.05, 3.63) is 11.6 Å². The second-order valence-corrected chi connectivity index (χ2v) is 15.5. The Morgan fingerprint density at radius 2 is 1.46 bits per heavy atom. The van der Waals surface area contributed by atoms with Crippen LogP contribution in [-0.2, 0) is 0 Å². The SMILES string of the molecule is CC(C)CCC[C@@H](C)[C@H]1CC[C@H]2[C@@H]3CC=C4C[C@@H](O)CC[C@]4(C)[C@H]3CC[C@]12C.N=C(N)N.N=C(N)N.NCCCCNCCCN. The summed E-state index contributed by atoms with van der Waals surface area (Å²) in [7, 11) is 0. The van der Waals surface area contributed by atoms with Gasteiger partial charge in [0, 0.05) is 0 Å². The van der Waals surface area contributed by atoms with Crippen molar-refractivity contribution in [1.29, 1.82) is 10.8 Å². The van der Waals surface area contributed by atoms with Gasteiger partial charge in [-0.1, -0.05) is 65.5 Å². The maximum absolute atomic E-state index is 10.2. The standard InChI is InChI=1S/C27H46O.C7H19N3.2CH5N3/c1-18(2)7-6-8-19(3)23-11-12-24-22-10-9-20-17-21(28)13-15-26(20,4)25(22)14-16-27(23,24)5;8-4-1-2-6-10-7-3-5-9;2*2-1(3)4/h9,18-19,21-25,28H,6-8,10-17H2,1-5H3;10H,1-9H2;2*(H5,2,3,4)/t19-,21+,22+,23-,24+,25+,26+,27-;;;/m1.../s1. The summed E-state index contributed by atoms with van der Waals surface area (Å²) in [5.41, 5.74) is 31.1.